The number of carboxylic acids is 1. The molecule has 0 amide bonds. The van der Waals surface area contributed by atoms with Crippen LogP contribution in [-0.2, 0) is 0 Å². The molecule has 0 spiro atoms. The zero-order valence-corrected chi connectivity index (χ0v) is 9.36. The van der Waals surface area contributed by atoms with E-state index >= 15 is 0 Å². The normalized spacial score (nSPS) is 10.2. The van der Waals surface area contributed by atoms with E-state index in [2.05, 4.69) is 4.98 Å². The van der Waals surface area contributed by atoms with Crippen molar-refractivity contribution in [3.05, 3.63) is 57.5 Å². The number of carboxylic acid groups (broad SMARTS) is 1. The van der Waals surface area contributed by atoms with E-state index in [1.54, 1.807) is 18.2 Å². The zero-order chi connectivity index (χ0) is 12.4. The number of halogens is 1. The largest absolute Gasteiger partial charge is 0.478 e. The Hall–Kier alpha value is -2.07. The summed E-state index contributed by atoms with van der Waals surface area (Å²) in [7, 11) is 0. The van der Waals surface area contributed by atoms with Crippen LogP contribution < -0.4 is 5.56 Å². The van der Waals surface area contributed by atoms with Crippen molar-refractivity contribution in [2.45, 2.75) is 0 Å². The fourth-order valence-electron chi connectivity index (χ4n) is 1.53. The Kier molecular flexibility index (Phi) is 2.97. The first-order chi connectivity index (χ1) is 8.09. The lowest BCUT2D eigenvalue weighted by Crippen LogP contribution is -2.03. The highest BCUT2D eigenvalue weighted by Crippen LogP contribution is 2.29. The summed E-state index contributed by atoms with van der Waals surface area (Å²) in [4.78, 5) is 24.6. The van der Waals surface area contributed by atoms with Crippen LogP contribution in [0.15, 0.2) is 41.3 Å². The lowest BCUT2D eigenvalue weighted by atomic mass is 10.0. The fraction of sp³-hybridized carbons (Fsp3) is 0. The molecular weight excluding hydrogens is 242 g/mol. The van der Waals surface area contributed by atoms with Gasteiger partial charge in [0.05, 0.1) is 10.6 Å². The highest BCUT2D eigenvalue weighted by Gasteiger charge is 2.13. The van der Waals surface area contributed by atoms with Crippen molar-refractivity contribution < 1.29 is 9.90 Å². The van der Waals surface area contributed by atoms with Gasteiger partial charge in [-0.3, -0.25) is 4.79 Å². The summed E-state index contributed by atoms with van der Waals surface area (Å²) >= 11 is 6.00. The predicted molar refractivity (Wildman–Crippen MR) is 64.5 cm³/mol. The lowest BCUT2D eigenvalue weighted by molar-refractivity contribution is 0.0697. The third-order valence-corrected chi connectivity index (χ3v) is 2.72. The Bertz CT molecular complexity index is 634. The van der Waals surface area contributed by atoms with Gasteiger partial charge in [0.15, 0.2) is 0 Å². The number of carbonyl (C=O) groups is 1. The smallest absolute Gasteiger partial charge is 0.337 e. The fourth-order valence-corrected chi connectivity index (χ4v) is 1.85. The quantitative estimate of drug-likeness (QED) is 0.859. The number of rotatable bonds is 2. The van der Waals surface area contributed by atoms with Gasteiger partial charge >= 0.3 is 5.97 Å². The maximum atomic E-state index is 11.2. The van der Waals surface area contributed by atoms with Gasteiger partial charge in [0, 0.05) is 17.8 Å². The molecule has 0 saturated carbocycles. The monoisotopic (exact) mass is 249 g/mol. The second-order valence-electron chi connectivity index (χ2n) is 3.41. The third-order valence-electron chi connectivity index (χ3n) is 2.32. The maximum absolute atomic E-state index is 11.2. The first-order valence-electron chi connectivity index (χ1n) is 4.80. The standard InChI is InChI=1S/C12H8ClNO3/c13-11-8(2-1-3-9(11)12(16)17)7-4-5-14-10(15)6-7/h1-6H,(H,14,15)(H,16,17). The molecule has 17 heavy (non-hydrogen) atoms. The molecule has 0 bridgehead atoms. The van der Waals surface area contributed by atoms with Crippen molar-refractivity contribution in [3.8, 4) is 11.1 Å². The second kappa shape index (κ2) is 4.43. The van der Waals surface area contributed by atoms with E-state index < -0.39 is 5.97 Å². The summed E-state index contributed by atoms with van der Waals surface area (Å²) in [5.74, 6) is -1.10. The van der Waals surface area contributed by atoms with Gasteiger partial charge < -0.3 is 10.1 Å². The Morgan fingerprint density at radius 3 is 2.71 bits per heavy atom. The summed E-state index contributed by atoms with van der Waals surface area (Å²) in [6.07, 6.45) is 1.49. The zero-order valence-electron chi connectivity index (χ0n) is 8.61. The molecule has 0 unspecified atom stereocenters. The van der Waals surface area contributed by atoms with E-state index in [1.807, 2.05) is 0 Å². The molecule has 0 saturated heterocycles. The molecule has 2 aromatic rings. The number of benzene rings is 1. The molecule has 2 N–H and O–H groups in total. The molecule has 86 valence electrons. The van der Waals surface area contributed by atoms with Crippen LogP contribution in [0.25, 0.3) is 11.1 Å². The van der Waals surface area contributed by atoms with Crippen molar-refractivity contribution in [1.82, 2.24) is 4.98 Å². The van der Waals surface area contributed by atoms with Crippen molar-refractivity contribution in [2.75, 3.05) is 0 Å². The minimum Gasteiger partial charge on any atom is -0.478 e. The topological polar surface area (TPSA) is 70.2 Å². The number of aromatic amines is 1. The van der Waals surface area contributed by atoms with Crippen LogP contribution >= 0.6 is 11.6 Å². The van der Waals surface area contributed by atoms with Crippen LogP contribution in [0, 0.1) is 0 Å². The molecule has 0 atom stereocenters. The number of hydrogen-bond donors (Lipinski definition) is 2. The summed E-state index contributed by atoms with van der Waals surface area (Å²) in [5, 5.41) is 9.07. The van der Waals surface area contributed by atoms with Crippen molar-refractivity contribution in [2.24, 2.45) is 0 Å². The number of pyridine rings is 1. The Morgan fingerprint density at radius 1 is 1.29 bits per heavy atom. The van der Waals surface area contributed by atoms with Gasteiger partial charge in [-0.2, -0.15) is 0 Å². The molecule has 0 aliphatic rings. The average molecular weight is 250 g/mol. The van der Waals surface area contributed by atoms with E-state index in [-0.39, 0.29) is 16.1 Å². The van der Waals surface area contributed by atoms with Crippen molar-refractivity contribution in [1.29, 1.82) is 0 Å². The van der Waals surface area contributed by atoms with Crippen LogP contribution in [-0.4, -0.2) is 16.1 Å². The summed E-state index contributed by atoms with van der Waals surface area (Å²) in [5.41, 5.74) is 0.864. The van der Waals surface area contributed by atoms with Gasteiger partial charge in [0.1, 0.15) is 0 Å². The molecular formula is C12H8ClNO3. The third kappa shape index (κ3) is 2.21. The molecule has 0 aliphatic carbocycles. The SMILES string of the molecule is O=C(O)c1cccc(-c2cc[nH]c(=O)c2)c1Cl. The Balaban J connectivity index is 2.64. The number of aromatic nitrogens is 1. The highest BCUT2D eigenvalue weighted by molar-refractivity contribution is 6.36. The van der Waals surface area contributed by atoms with Crippen molar-refractivity contribution >= 4 is 17.6 Å². The van der Waals surface area contributed by atoms with E-state index in [0.717, 1.165) is 0 Å². The van der Waals surface area contributed by atoms with Crippen LogP contribution in [0.4, 0.5) is 0 Å². The van der Waals surface area contributed by atoms with Crippen LogP contribution in [0.1, 0.15) is 10.4 Å². The number of nitrogens with one attached hydrogen (secondary N) is 1. The number of hydrogen-bond acceptors (Lipinski definition) is 2. The molecule has 0 fully saturated rings. The molecule has 4 nitrogen and oxygen atoms in total. The van der Waals surface area contributed by atoms with E-state index in [0.29, 0.717) is 11.1 Å². The molecule has 2 rings (SSSR count). The number of H-pyrrole nitrogens is 1. The molecule has 0 aliphatic heterocycles. The van der Waals surface area contributed by atoms with Gasteiger partial charge in [0.2, 0.25) is 5.56 Å². The molecule has 1 heterocycles. The Morgan fingerprint density at radius 2 is 2.06 bits per heavy atom. The van der Waals surface area contributed by atoms with Crippen LogP contribution in [0.3, 0.4) is 0 Å². The van der Waals surface area contributed by atoms with Gasteiger partial charge in [0.25, 0.3) is 0 Å². The molecule has 0 radical (unpaired) electrons. The lowest BCUT2D eigenvalue weighted by Gasteiger charge is -2.06. The first kappa shape index (κ1) is 11.4. The molecule has 5 heteroatoms. The molecule has 1 aromatic carbocycles. The summed E-state index contributed by atoms with van der Waals surface area (Å²) < 4.78 is 0. The minimum atomic E-state index is -1.10. The number of aromatic carboxylic acids is 1. The van der Waals surface area contributed by atoms with E-state index in [9.17, 15) is 9.59 Å². The molecule has 1 aromatic heterocycles. The first-order valence-corrected chi connectivity index (χ1v) is 5.18. The maximum Gasteiger partial charge on any atom is 0.337 e. The summed E-state index contributed by atoms with van der Waals surface area (Å²) in [6.45, 7) is 0. The van der Waals surface area contributed by atoms with Crippen molar-refractivity contribution in [3.63, 3.8) is 0 Å². The minimum absolute atomic E-state index is 0.0180. The second-order valence-corrected chi connectivity index (χ2v) is 3.79. The van der Waals surface area contributed by atoms with E-state index in [1.165, 1.54) is 18.3 Å². The highest BCUT2D eigenvalue weighted by atomic mass is 35.5. The Labute approximate surface area is 101 Å². The average Bonchev–Trinajstić information content (AvgIpc) is 2.29. The summed E-state index contributed by atoms with van der Waals surface area (Å²) in [6, 6.07) is 7.71. The van der Waals surface area contributed by atoms with Gasteiger partial charge in [-0.25, -0.2) is 4.79 Å². The van der Waals surface area contributed by atoms with Crippen LogP contribution in [0.2, 0.25) is 5.02 Å². The van der Waals surface area contributed by atoms with Crippen LogP contribution in [0.5, 0.6) is 0 Å². The van der Waals surface area contributed by atoms with Gasteiger partial charge in [-0.05, 0) is 17.7 Å². The van der Waals surface area contributed by atoms with Gasteiger partial charge in [-0.15, -0.1) is 0 Å². The van der Waals surface area contributed by atoms with Gasteiger partial charge in [-0.1, -0.05) is 23.7 Å². The predicted octanol–water partition coefficient (Wildman–Crippen LogP) is 2.39. The van der Waals surface area contributed by atoms with E-state index in [4.69, 9.17) is 16.7 Å².